The Labute approximate surface area is 188 Å². The summed E-state index contributed by atoms with van der Waals surface area (Å²) in [6, 6.07) is 0. The third-order valence-electron chi connectivity index (χ3n) is 5.67. The molecule has 0 rings (SSSR count). The van der Waals surface area contributed by atoms with Gasteiger partial charge < -0.3 is 14.6 Å². The van der Waals surface area contributed by atoms with Crippen LogP contribution >= 0.6 is 0 Å². The number of hydrogen-bond acceptors (Lipinski definition) is 5. The third-order valence-corrected chi connectivity index (χ3v) is 5.67. The van der Waals surface area contributed by atoms with Crippen LogP contribution in [-0.4, -0.2) is 49.2 Å². The molecule has 0 saturated carbocycles. The molecular weight excluding hydrogens is 392 g/mol. The van der Waals surface area contributed by atoms with Gasteiger partial charge in [0.1, 0.15) is 18.0 Å². The molecule has 0 aliphatic heterocycles. The number of carbonyl (C=O) groups excluding carboxylic acids is 2. The number of rotatable bonds is 14. The molecule has 0 radical (unpaired) electrons. The van der Waals surface area contributed by atoms with E-state index in [2.05, 4.69) is 13.0 Å². The van der Waals surface area contributed by atoms with Crippen molar-refractivity contribution in [2.75, 3.05) is 14.2 Å². The molecule has 6 atom stereocenters. The second-order valence-electron chi connectivity index (χ2n) is 8.49. The third kappa shape index (κ3) is 10.9. The first-order valence-corrected chi connectivity index (χ1v) is 10.9. The van der Waals surface area contributed by atoms with E-state index in [1.165, 1.54) is 14.0 Å². The summed E-state index contributed by atoms with van der Waals surface area (Å²) < 4.78 is 10.6. The summed E-state index contributed by atoms with van der Waals surface area (Å²) in [6.07, 6.45) is 10.4. The van der Waals surface area contributed by atoms with Gasteiger partial charge in [-0.2, -0.15) is 0 Å². The lowest BCUT2D eigenvalue weighted by molar-refractivity contribution is -0.138. The molecule has 0 saturated heterocycles. The largest absolute Gasteiger partial charge is 0.386 e. The monoisotopic (exact) mass is 434 g/mol. The molecule has 0 amide bonds. The predicted molar refractivity (Wildman–Crippen MR) is 127 cm³/mol. The van der Waals surface area contributed by atoms with E-state index >= 15 is 0 Å². The van der Waals surface area contributed by atoms with Gasteiger partial charge in [0, 0.05) is 26.1 Å². The Morgan fingerprint density at radius 3 is 2.03 bits per heavy atom. The quantitative estimate of drug-likeness (QED) is 0.312. The van der Waals surface area contributed by atoms with E-state index in [0.717, 1.165) is 5.57 Å². The van der Waals surface area contributed by atoms with Crippen LogP contribution in [-0.2, 0) is 19.1 Å². The first kappa shape index (κ1) is 29.2. The molecule has 0 bridgehead atoms. The predicted octanol–water partition coefficient (Wildman–Crippen LogP) is 4.86. The van der Waals surface area contributed by atoms with Crippen LogP contribution in [0.3, 0.4) is 0 Å². The Morgan fingerprint density at radius 1 is 0.903 bits per heavy atom. The van der Waals surface area contributed by atoms with Gasteiger partial charge in [0.25, 0.3) is 0 Å². The Kier molecular flexibility index (Phi) is 14.2. The molecule has 5 heteroatoms. The van der Waals surface area contributed by atoms with Crippen molar-refractivity contribution in [2.24, 2.45) is 17.8 Å². The van der Waals surface area contributed by atoms with Crippen molar-refractivity contribution in [1.29, 1.82) is 0 Å². The highest BCUT2D eigenvalue weighted by Gasteiger charge is 2.31. The number of methoxy groups -OCH3 is 2. The van der Waals surface area contributed by atoms with Crippen LogP contribution in [0, 0.1) is 17.8 Å². The molecule has 0 aliphatic rings. The van der Waals surface area contributed by atoms with E-state index in [1.54, 1.807) is 27.0 Å². The minimum Gasteiger partial charge on any atom is -0.386 e. The van der Waals surface area contributed by atoms with Crippen molar-refractivity contribution in [2.45, 2.75) is 73.2 Å². The van der Waals surface area contributed by atoms with Gasteiger partial charge in [-0.3, -0.25) is 9.59 Å². The van der Waals surface area contributed by atoms with Gasteiger partial charge in [0.05, 0.1) is 6.10 Å². The minimum atomic E-state index is -1.07. The molecule has 1 N–H and O–H groups in total. The maximum Gasteiger partial charge on any atom is 0.167 e. The molecule has 0 aromatic heterocycles. The Morgan fingerprint density at radius 2 is 1.52 bits per heavy atom. The standard InChI is InChI=1S/C26H42O5/c1-17(13-11-10-12-14-18(2)23(7)30-8)15-20(4)24(28)26(31-9)25(29)21(5)16-19(3)22(6)27/h10-14,16-17,19-20,23,25-26,29H,15H2,1-9H3/b12-10+,13-11+,18-14+,21-16+/t17-,19-,20-,23+,25-,26+/m1/s1. The van der Waals surface area contributed by atoms with E-state index in [0.29, 0.717) is 12.0 Å². The summed E-state index contributed by atoms with van der Waals surface area (Å²) in [5.74, 6) is -0.523. The lowest BCUT2D eigenvalue weighted by Gasteiger charge is -2.25. The van der Waals surface area contributed by atoms with Gasteiger partial charge in [-0.1, -0.05) is 57.2 Å². The van der Waals surface area contributed by atoms with Gasteiger partial charge in [-0.05, 0) is 51.2 Å². The van der Waals surface area contributed by atoms with Crippen molar-refractivity contribution in [3.05, 3.63) is 47.6 Å². The number of ketones is 2. The van der Waals surface area contributed by atoms with Crippen LogP contribution in [0.15, 0.2) is 47.6 Å². The molecule has 176 valence electrons. The SMILES string of the molecule is CO[C@@H](C)/C(C)=C/C=C/C=C/[C@@H](C)C[C@@H](C)C(=O)[C@H](OC)[C@H](O)/C(C)=C/[C@@H](C)C(C)=O. The van der Waals surface area contributed by atoms with Gasteiger partial charge in [0.15, 0.2) is 5.78 Å². The average molecular weight is 435 g/mol. The van der Waals surface area contributed by atoms with E-state index in [1.807, 2.05) is 45.1 Å². The van der Waals surface area contributed by atoms with Crippen molar-refractivity contribution in [1.82, 2.24) is 0 Å². The highest BCUT2D eigenvalue weighted by atomic mass is 16.5. The summed E-state index contributed by atoms with van der Waals surface area (Å²) in [6.45, 7) is 12.9. The molecule has 0 aliphatic carbocycles. The molecule has 31 heavy (non-hydrogen) atoms. The summed E-state index contributed by atoms with van der Waals surface area (Å²) >= 11 is 0. The maximum absolute atomic E-state index is 12.9. The molecule has 0 aromatic rings. The summed E-state index contributed by atoms with van der Waals surface area (Å²) in [4.78, 5) is 24.3. The van der Waals surface area contributed by atoms with Crippen molar-refractivity contribution in [3.63, 3.8) is 0 Å². The summed E-state index contributed by atoms with van der Waals surface area (Å²) in [5.41, 5.74) is 1.71. The molecule has 0 aromatic carbocycles. The number of aliphatic hydroxyl groups excluding tert-OH is 1. The normalized spacial score (nSPS) is 19.3. The summed E-state index contributed by atoms with van der Waals surface area (Å²) in [5, 5.41) is 10.6. The number of allylic oxidation sites excluding steroid dienone is 6. The van der Waals surface area contributed by atoms with E-state index in [4.69, 9.17) is 9.47 Å². The number of aliphatic hydroxyl groups is 1. The Hall–Kier alpha value is -1.82. The van der Waals surface area contributed by atoms with Crippen LogP contribution in [0.4, 0.5) is 0 Å². The lowest BCUT2D eigenvalue weighted by Crippen LogP contribution is -2.40. The lowest BCUT2D eigenvalue weighted by atomic mass is 9.87. The fourth-order valence-corrected chi connectivity index (χ4v) is 3.13. The molecule has 0 fully saturated rings. The van der Waals surface area contributed by atoms with Gasteiger partial charge >= 0.3 is 0 Å². The second kappa shape index (κ2) is 15.1. The van der Waals surface area contributed by atoms with Gasteiger partial charge in [-0.15, -0.1) is 0 Å². The zero-order valence-electron chi connectivity index (χ0n) is 20.7. The van der Waals surface area contributed by atoms with E-state index in [-0.39, 0.29) is 35.4 Å². The number of ether oxygens (including phenoxy) is 2. The number of Topliss-reactive ketones (excluding diaryl/α,β-unsaturated/α-hetero) is 2. The van der Waals surface area contributed by atoms with Crippen molar-refractivity contribution >= 4 is 11.6 Å². The number of carbonyl (C=O) groups is 2. The first-order chi connectivity index (χ1) is 14.5. The smallest absolute Gasteiger partial charge is 0.167 e. The fourth-order valence-electron chi connectivity index (χ4n) is 3.13. The fraction of sp³-hybridized carbons (Fsp3) is 0.615. The van der Waals surface area contributed by atoms with Crippen molar-refractivity contribution < 1.29 is 24.2 Å². The van der Waals surface area contributed by atoms with Gasteiger partial charge in [-0.25, -0.2) is 0 Å². The zero-order valence-corrected chi connectivity index (χ0v) is 20.7. The molecule has 5 nitrogen and oxygen atoms in total. The minimum absolute atomic E-state index is 0.00809. The first-order valence-electron chi connectivity index (χ1n) is 10.9. The Balaban J connectivity index is 4.95. The maximum atomic E-state index is 12.9. The highest BCUT2D eigenvalue weighted by Crippen LogP contribution is 2.21. The van der Waals surface area contributed by atoms with Crippen LogP contribution in [0.1, 0.15) is 54.9 Å². The van der Waals surface area contributed by atoms with Gasteiger partial charge in [0.2, 0.25) is 0 Å². The van der Waals surface area contributed by atoms with Crippen molar-refractivity contribution in [3.8, 4) is 0 Å². The Bertz CT molecular complexity index is 686. The molecular formula is C26H42O5. The van der Waals surface area contributed by atoms with E-state index in [9.17, 15) is 14.7 Å². The van der Waals surface area contributed by atoms with Crippen LogP contribution in [0.2, 0.25) is 0 Å². The molecule has 0 heterocycles. The molecule has 0 spiro atoms. The average Bonchev–Trinajstić information content (AvgIpc) is 2.72. The van der Waals surface area contributed by atoms with Crippen LogP contribution in [0.5, 0.6) is 0 Å². The zero-order chi connectivity index (χ0) is 24.1. The van der Waals surface area contributed by atoms with Crippen LogP contribution in [0.25, 0.3) is 0 Å². The highest BCUT2D eigenvalue weighted by molar-refractivity contribution is 5.86. The summed E-state index contributed by atoms with van der Waals surface area (Å²) in [7, 11) is 3.11. The second-order valence-corrected chi connectivity index (χ2v) is 8.49. The topological polar surface area (TPSA) is 72.8 Å². The number of hydrogen-bond donors (Lipinski definition) is 1. The van der Waals surface area contributed by atoms with Crippen LogP contribution < -0.4 is 0 Å². The molecule has 0 unspecified atom stereocenters. The van der Waals surface area contributed by atoms with E-state index < -0.39 is 12.2 Å².